The van der Waals surface area contributed by atoms with Crippen molar-refractivity contribution in [2.45, 2.75) is 33.1 Å². The van der Waals surface area contributed by atoms with Crippen LogP contribution in [0, 0.1) is 11.2 Å². The van der Waals surface area contributed by atoms with E-state index in [1.807, 2.05) is 13.8 Å². The summed E-state index contributed by atoms with van der Waals surface area (Å²) in [5.74, 6) is -0.538. The van der Waals surface area contributed by atoms with Crippen molar-refractivity contribution in [1.82, 2.24) is 9.88 Å². The second-order valence-electron chi connectivity index (χ2n) is 6.90. The van der Waals surface area contributed by atoms with Crippen LogP contribution in [-0.2, 0) is 4.74 Å². The molecule has 2 aromatic rings. The number of methoxy groups -OCH3 is 1. The molecule has 3 fully saturated rings. The van der Waals surface area contributed by atoms with Gasteiger partial charge in [0.1, 0.15) is 11.6 Å². The zero-order valence-electron chi connectivity index (χ0n) is 15.7. The predicted octanol–water partition coefficient (Wildman–Crippen LogP) is 3.98. The van der Waals surface area contributed by atoms with Gasteiger partial charge in [-0.15, -0.1) is 0 Å². The molecule has 2 bridgehead atoms. The van der Waals surface area contributed by atoms with Gasteiger partial charge in [0.2, 0.25) is 0 Å². The number of nitrogens with one attached hydrogen (secondary N) is 1. The summed E-state index contributed by atoms with van der Waals surface area (Å²) in [6.45, 7) is 7.67. The number of H-pyrrole nitrogens is 1. The van der Waals surface area contributed by atoms with Crippen LogP contribution in [0.3, 0.4) is 0 Å². The van der Waals surface area contributed by atoms with Gasteiger partial charge in [-0.3, -0.25) is 0 Å². The second kappa shape index (κ2) is 7.66. The largest absolute Gasteiger partial charge is 0.497 e. The van der Waals surface area contributed by atoms with E-state index in [9.17, 15) is 9.18 Å². The standard InChI is InChI=1S/C18H21FN2O3.C2H6/c1-23-12-8-14(19)16-13(10-20-15(16)9-12)17(22)24-11-18-2-5-21(6-3-18)7-4-18;1-2/h8-10,20H,2-7,11H2,1H3;1-2H3. The normalized spacial score (nSPS) is 24.1. The van der Waals surface area contributed by atoms with Crippen molar-refractivity contribution in [3.63, 3.8) is 0 Å². The first-order valence-corrected chi connectivity index (χ1v) is 9.34. The predicted molar refractivity (Wildman–Crippen MR) is 99.2 cm³/mol. The molecule has 3 aliphatic rings. The lowest BCUT2D eigenvalue weighted by Crippen LogP contribution is -2.50. The molecule has 5 nitrogen and oxygen atoms in total. The molecule has 1 aromatic carbocycles. The van der Waals surface area contributed by atoms with Crippen LogP contribution in [0.4, 0.5) is 4.39 Å². The van der Waals surface area contributed by atoms with Crippen LogP contribution in [0.25, 0.3) is 10.9 Å². The summed E-state index contributed by atoms with van der Waals surface area (Å²) >= 11 is 0. The molecule has 142 valence electrons. The van der Waals surface area contributed by atoms with Crippen LogP contribution in [0.15, 0.2) is 18.3 Å². The van der Waals surface area contributed by atoms with Gasteiger partial charge in [-0.1, -0.05) is 13.8 Å². The maximum atomic E-state index is 14.3. The minimum Gasteiger partial charge on any atom is -0.497 e. The highest BCUT2D eigenvalue weighted by Crippen LogP contribution is 2.40. The van der Waals surface area contributed by atoms with Gasteiger partial charge in [0.15, 0.2) is 0 Å². The highest BCUT2D eigenvalue weighted by Gasteiger charge is 2.40. The zero-order chi connectivity index (χ0) is 18.7. The fraction of sp³-hybridized carbons (Fsp3) is 0.550. The number of rotatable bonds is 4. The van der Waals surface area contributed by atoms with Gasteiger partial charge in [-0.05, 0) is 38.9 Å². The van der Waals surface area contributed by atoms with Crippen LogP contribution in [-0.4, -0.2) is 49.2 Å². The first-order valence-electron chi connectivity index (χ1n) is 9.34. The number of carbonyl (C=O) groups excluding carboxylic acids is 1. The monoisotopic (exact) mass is 362 g/mol. The van der Waals surface area contributed by atoms with Crippen molar-refractivity contribution >= 4 is 16.9 Å². The molecule has 3 aliphatic heterocycles. The minimum absolute atomic E-state index is 0.109. The first kappa shape index (κ1) is 18.7. The van der Waals surface area contributed by atoms with Crippen LogP contribution in [0.2, 0.25) is 0 Å². The van der Waals surface area contributed by atoms with E-state index in [1.165, 1.54) is 19.4 Å². The van der Waals surface area contributed by atoms with E-state index < -0.39 is 11.8 Å². The summed E-state index contributed by atoms with van der Waals surface area (Å²) in [5.41, 5.74) is 0.885. The Bertz CT molecular complexity index is 765. The lowest BCUT2D eigenvalue weighted by atomic mass is 9.73. The Morgan fingerprint density at radius 3 is 2.50 bits per heavy atom. The SMILES string of the molecule is CC.COc1cc(F)c2c(C(=O)OCC34CCN(CC3)CC4)c[nH]c2c1. The summed E-state index contributed by atoms with van der Waals surface area (Å²) in [4.78, 5) is 17.9. The molecule has 0 atom stereocenters. The molecule has 0 radical (unpaired) electrons. The van der Waals surface area contributed by atoms with Crippen molar-refractivity contribution in [3.05, 3.63) is 29.7 Å². The van der Waals surface area contributed by atoms with E-state index >= 15 is 0 Å². The lowest BCUT2D eigenvalue weighted by molar-refractivity contribution is -0.0304. The Kier molecular flexibility index (Phi) is 5.51. The van der Waals surface area contributed by atoms with Crippen molar-refractivity contribution in [2.75, 3.05) is 33.4 Å². The molecule has 26 heavy (non-hydrogen) atoms. The number of benzene rings is 1. The summed E-state index contributed by atoms with van der Waals surface area (Å²) in [7, 11) is 1.48. The number of hydrogen-bond donors (Lipinski definition) is 1. The molecule has 5 rings (SSSR count). The summed E-state index contributed by atoms with van der Waals surface area (Å²) in [5, 5.41) is 0.261. The Morgan fingerprint density at radius 1 is 1.23 bits per heavy atom. The second-order valence-corrected chi connectivity index (χ2v) is 6.90. The summed E-state index contributed by atoms with van der Waals surface area (Å²) in [6.07, 6.45) is 4.72. The number of hydrogen-bond acceptors (Lipinski definition) is 4. The molecule has 0 spiro atoms. The number of nitrogens with zero attached hydrogens (tertiary/aromatic N) is 1. The average molecular weight is 362 g/mol. The number of halogens is 1. The number of esters is 1. The van der Waals surface area contributed by atoms with E-state index in [1.54, 1.807) is 6.07 Å². The Labute approximate surface area is 153 Å². The van der Waals surface area contributed by atoms with Crippen molar-refractivity contribution in [3.8, 4) is 5.75 Å². The molecule has 0 aliphatic carbocycles. The van der Waals surface area contributed by atoms with Gasteiger partial charge in [0.05, 0.1) is 30.2 Å². The van der Waals surface area contributed by atoms with E-state index in [2.05, 4.69) is 9.88 Å². The molecule has 0 amide bonds. The number of aromatic nitrogens is 1. The molecule has 3 saturated heterocycles. The fourth-order valence-corrected chi connectivity index (χ4v) is 3.88. The molecular formula is C20H27FN2O3. The Hall–Kier alpha value is -2.08. The highest BCUT2D eigenvalue weighted by atomic mass is 19.1. The molecule has 1 aromatic heterocycles. The smallest absolute Gasteiger partial charge is 0.340 e. The van der Waals surface area contributed by atoms with Crippen LogP contribution < -0.4 is 4.74 Å². The van der Waals surface area contributed by atoms with E-state index in [4.69, 9.17) is 9.47 Å². The number of aromatic amines is 1. The number of fused-ring (bicyclic) bond motifs is 4. The van der Waals surface area contributed by atoms with Crippen molar-refractivity contribution < 1.29 is 18.7 Å². The van der Waals surface area contributed by atoms with Gasteiger partial charge in [-0.25, -0.2) is 9.18 Å². The Morgan fingerprint density at radius 2 is 1.88 bits per heavy atom. The third-order valence-corrected chi connectivity index (χ3v) is 5.55. The van der Waals surface area contributed by atoms with Gasteiger partial charge in [-0.2, -0.15) is 0 Å². The van der Waals surface area contributed by atoms with E-state index in [0.717, 1.165) is 38.9 Å². The Balaban J connectivity index is 0.000000948. The lowest BCUT2D eigenvalue weighted by Gasteiger charge is -2.47. The van der Waals surface area contributed by atoms with Gasteiger partial charge in [0, 0.05) is 23.7 Å². The maximum Gasteiger partial charge on any atom is 0.340 e. The molecule has 1 N–H and O–H groups in total. The van der Waals surface area contributed by atoms with Gasteiger partial charge >= 0.3 is 5.97 Å². The molecule has 0 unspecified atom stereocenters. The molecular weight excluding hydrogens is 335 g/mol. The van der Waals surface area contributed by atoms with Crippen molar-refractivity contribution in [1.29, 1.82) is 0 Å². The van der Waals surface area contributed by atoms with Crippen LogP contribution >= 0.6 is 0 Å². The summed E-state index contributed by atoms with van der Waals surface area (Å²) in [6, 6.07) is 2.95. The maximum absolute atomic E-state index is 14.3. The van der Waals surface area contributed by atoms with E-state index in [0.29, 0.717) is 17.9 Å². The minimum atomic E-state index is -0.485. The summed E-state index contributed by atoms with van der Waals surface area (Å²) < 4.78 is 25.0. The van der Waals surface area contributed by atoms with E-state index in [-0.39, 0.29) is 16.4 Å². The molecule has 4 heterocycles. The van der Waals surface area contributed by atoms with Gasteiger partial charge in [0.25, 0.3) is 0 Å². The van der Waals surface area contributed by atoms with Crippen LogP contribution in [0.5, 0.6) is 5.75 Å². The molecule has 6 heteroatoms. The zero-order valence-corrected chi connectivity index (χ0v) is 15.7. The first-order chi connectivity index (χ1) is 12.6. The highest BCUT2D eigenvalue weighted by molar-refractivity contribution is 6.04. The topological polar surface area (TPSA) is 54.6 Å². The van der Waals surface area contributed by atoms with Gasteiger partial charge < -0.3 is 19.4 Å². The van der Waals surface area contributed by atoms with Crippen LogP contribution in [0.1, 0.15) is 43.5 Å². The number of carbonyl (C=O) groups is 1. The van der Waals surface area contributed by atoms with Crippen molar-refractivity contribution in [2.24, 2.45) is 5.41 Å². The molecule has 0 saturated carbocycles. The fourth-order valence-electron chi connectivity index (χ4n) is 3.88. The third-order valence-electron chi connectivity index (χ3n) is 5.55. The average Bonchev–Trinajstić information content (AvgIpc) is 3.14. The number of piperidine rings is 3. The third kappa shape index (κ3) is 3.43. The number of ether oxygens (including phenoxy) is 2. The quantitative estimate of drug-likeness (QED) is 0.836.